The molecule has 0 aliphatic heterocycles. The van der Waals surface area contributed by atoms with E-state index in [4.69, 9.17) is 5.73 Å². The van der Waals surface area contributed by atoms with Gasteiger partial charge < -0.3 is 11.1 Å². The maximum Gasteiger partial charge on any atom is 0.126 e. The van der Waals surface area contributed by atoms with E-state index in [9.17, 15) is 0 Å². The minimum atomic E-state index is 0.161. The van der Waals surface area contributed by atoms with Crippen molar-refractivity contribution in [3.63, 3.8) is 0 Å². The zero-order valence-electron chi connectivity index (χ0n) is 9.00. The van der Waals surface area contributed by atoms with Crippen molar-refractivity contribution in [2.45, 2.75) is 32.4 Å². The van der Waals surface area contributed by atoms with Gasteiger partial charge >= 0.3 is 0 Å². The smallest absolute Gasteiger partial charge is 0.126 e. The SMILES string of the molecule is CC1(C)C(N)CC1Nc1ccc(Br)cn1. The summed E-state index contributed by atoms with van der Waals surface area (Å²) in [5.41, 5.74) is 6.12. The second-order valence-electron chi connectivity index (χ2n) is 4.72. The van der Waals surface area contributed by atoms with Gasteiger partial charge in [0.2, 0.25) is 0 Å². The number of halogens is 1. The molecule has 1 aliphatic rings. The first-order valence-electron chi connectivity index (χ1n) is 5.14. The van der Waals surface area contributed by atoms with E-state index in [0.717, 1.165) is 16.7 Å². The van der Waals surface area contributed by atoms with Gasteiger partial charge in [-0.25, -0.2) is 4.98 Å². The number of hydrogen-bond donors (Lipinski definition) is 2. The van der Waals surface area contributed by atoms with Gasteiger partial charge in [0.1, 0.15) is 5.82 Å². The van der Waals surface area contributed by atoms with Gasteiger partial charge in [-0.1, -0.05) is 13.8 Å². The van der Waals surface area contributed by atoms with Crippen LogP contribution in [0.25, 0.3) is 0 Å². The Bertz CT molecular complexity index is 347. The number of pyridine rings is 1. The third-order valence-electron chi connectivity index (χ3n) is 3.39. The summed E-state index contributed by atoms with van der Waals surface area (Å²) in [7, 11) is 0. The molecule has 4 heteroatoms. The molecule has 1 aromatic rings. The predicted octanol–water partition coefficient (Wildman–Crippen LogP) is 2.38. The van der Waals surface area contributed by atoms with Crippen LogP contribution >= 0.6 is 15.9 Å². The Morgan fingerprint density at radius 2 is 2.27 bits per heavy atom. The van der Waals surface area contributed by atoms with Gasteiger partial charge in [-0.05, 0) is 34.5 Å². The van der Waals surface area contributed by atoms with Crippen LogP contribution in [0.4, 0.5) is 5.82 Å². The first-order valence-corrected chi connectivity index (χ1v) is 5.93. The molecule has 82 valence electrons. The van der Waals surface area contributed by atoms with Crippen LogP contribution in [0, 0.1) is 5.41 Å². The van der Waals surface area contributed by atoms with Gasteiger partial charge in [0, 0.05) is 28.2 Å². The summed E-state index contributed by atoms with van der Waals surface area (Å²) < 4.78 is 0.998. The van der Waals surface area contributed by atoms with Crippen LogP contribution in [-0.4, -0.2) is 17.1 Å². The van der Waals surface area contributed by atoms with Crippen molar-refractivity contribution in [3.05, 3.63) is 22.8 Å². The molecule has 0 radical (unpaired) electrons. The normalized spacial score (nSPS) is 28.3. The summed E-state index contributed by atoms with van der Waals surface area (Å²) in [6, 6.07) is 4.69. The largest absolute Gasteiger partial charge is 0.367 e. The molecular weight excluding hydrogens is 254 g/mol. The first-order chi connectivity index (χ1) is 7.00. The number of nitrogens with zero attached hydrogens (tertiary/aromatic N) is 1. The lowest BCUT2D eigenvalue weighted by atomic mass is 9.63. The summed E-state index contributed by atoms with van der Waals surface area (Å²) in [5.74, 6) is 0.920. The van der Waals surface area contributed by atoms with Gasteiger partial charge in [0.25, 0.3) is 0 Å². The van der Waals surface area contributed by atoms with E-state index in [-0.39, 0.29) is 5.41 Å². The number of nitrogens with two attached hydrogens (primary N) is 1. The molecule has 15 heavy (non-hydrogen) atoms. The fourth-order valence-corrected chi connectivity index (χ4v) is 2.08. The van der Waals surface area contributed by atoms with Crippen molar-refractivity contribution >= 4 is 21.7 Å². The Kier molecular flexibility index (Phi) is 2.73. The van der Waals surface area contributed by atoms with Gasteiger partial charge in [0.05, 0.1) is 0 Å². The van der Waals surface area contributed by atoms with Gasteiger partial charge in [-0.2, -0.15) is 0 Å². The van der Waals surface area contributed by atoms with Gasteiger partial charge in [0.15, 0.2) is 0 Å². The molecule has 3 N–H and O–H groups in total. The molecule has 2 unspecified atom stereocenters. The summed E-state index contributed by atoms with van der Waals surface area (Å²) in [4.78, 5) is 4.29. The molecule has 2 atom stereocenters. The lowest BCUT2D eigenvalue weighted by molar-refractivity contribution is 0.117. The second kappa shape index (κ2) is 3.76. The minimum Gasteiger partial charge on any atom is -0.367 e. The second-order valence-corrected chi connectivity index (χ2v) is 5.64. The zero-order valence-corrected chi connectivity index (χ0v) is 10.6. The van der Waals surface area contributed by atoms with Crippen LogP contribution in [0.3, 0.4) is 0 Å². The molecule has 1 heterocycles. The highest BCUT2D eigenvalue weighted by Crippen LogP contribution is 2.40. The van der Waals surface area contributed by atoms with Crippen molar-refractivity contribution in [1.82, 2.24) is 4.98 Å². The fraction of sp³-hybridized carbons (Fsp3) is 0.545. The van der Waals surface area contributed by atoms with Crippen molar-refractivity contribution in [2.75, 3.05) is 5.32 Å². The van der Waals surface area contributed by atoms with Crippen LogP contribution in [0.2, 0.25) is 0 Å². The quantitative estimate of drug-likeness (QED) is 0.867. The molecule has 1 saturated carbocycles. The number of hydrogen-bond acceptors (Lipinski definition) is 3. The molecule has 2 rings (SSSR count). The minimum absolute atomic E-state index is 0.161. The standard InChI is InChI=1S/C11H16BrN3/c1-11(2)8(13)5-9(11)15-10-4-3-7(12)6-14-10/h3-4,6,8-9H,5,13H2,1-2H3,(H,14,15). The van der Waals surface area contributed by atoms with E-state index in [1.165, 1.54) is 0 Å². The van der Waals surface area contributed by atoms with E-state index in [0.29, 0.717) is 12.1 Å². The number of anilines is 1. The summed E-state index contributed by atoms with van der Waals surface area (Å²) in [5, 5.41) is 3.41. The third kappa shape index (κ3) is 2.01. The van der Waals surface area contributed by atoms with Crippen LogP contribution in [0.1, 0.15) is 20.3 Å². The van der Waals surface area contributed by atoms with Crippen molar-refractivity contribution in [3.8, 4) is 0 Å². The van der Waals surface area contributed by atoms with E-state index in [1.54, 1.807) is 6.20 Å². The Morgan fingerprint density at radius 1 is 1.53 bits per heavy atom. The van der Waals surface area contributed by atoms with Gasteiger partial charge in [-0.15, -0.1) is 0 Å². The van der Waals surface area contributed by atoms with Crippen LogP contribution in [0.5, 0.6) is 0 Å². The molecule has 0 amide bonds. The molecule has 0 saturated heterocycles. The monoisotopic (exact) mass is 269 g/mol. The van der Waals surface area contributed by atoms with Crippen molar-refractivity contribution in [2.24, 2.45) is 11.1 Å². The highest BCUT2D eigenvalue weighted by Gasteiger charge is 2.46. The van der Waals surface area contributed by atoms with E-state index < -0.39 is 0 Å². The highest BCUT2D eigenvalue weighted by atomic mass is 79.9. The molecule has 1 fully saturated rings. The highest BCUT2D eigenvalue weighted by molar-refractivity contribution is 9.10. The Hall–Kier alpha value is -0.610. The van der Waals surface area contributed by atoms with E-state index in [1.807, 2.05) is 12.1 Å². The zero-order chi connectivity index (χ0) is 11.1. The predicted molar refractivity (Wildman–Crippen MR) is 65.7 cm³/mol. The van der Waals surface area contributed by atoms with Crippen molar-refractivity contribution < 1.29 is 0 Å². The lowest BCUT2D eigenvalue weighted by Gasteiger charge is -2.50. The maximum atomic E-state index is 5.96. The average Bonchev–Trinajstić information content (AvgIpc) is 2.21. The molecule has 0 bridgehead atoms. The topological polar surface area (TPSA) is 50.9 Å². The van der Waals surface area contributed by atoms with Crippen LogP contribution in [-0.2, 0) is 0 Å². The van der Waals surface area contributed by atoms with E-state index >= 15 is 0 Å². The third-order valence-corrected chi connectivity index (χ3v) is 3.86. The number of rotatable bonds is 2. The fourth-order valence-electron chi connectivity index (χ4n) is 1.84. The lowest BCUT2D eigenvalue weighted by Crippen LogP contribution is -2.61. The molecule has 0 spiro atoms. The van der Waals surface area contributed by atoms with Crippen molar-refractivity contribution in [1.29, 1.82) is 0 Å². The van der Waals surface area contributed by atoms with E-state index in [2.05, 4.69) is 40.1 Å². The van der Waals surface area contributed by atoms with Crippen LogP contribution in [0.15, 0.2) is 22.8 Å². The molecule has 3 nitrogen and oxygen atoms in total. The Labute approximate surface area is 98.6 Å². The summed E-state index contributed by atoms with van der Waals surface area (Å²) in [6.45, 7) is 4.38. The average molecular weight is 270 g/mol. The maximum absolute atomic E-state index is 5.96. The number of aromatic nitrogens is 1. The van der Waals surface area contributed by atoms with Crippen LogP contribution < -0.4 is 11.1 Å². The molecule has 0 aromatic carbocycles. The van der Waals surface area contributed by atoms with Gasteiger partial charge in [-0.3, -0.25) is 0 Å². The Morgan fingerprint density at radius 3 is 2.73 bits per heavy atom. The first kappa shape index (κ1) is 10.9. The molecular formula is C11H16BrN3. The number of nitrogens with one attached hydrogen (secondary N) is 1. The Balaban J connectivity index is 2.02. The summed E-state index contributed by atoms with van der Waals surface area (Å²) in [6.07, 6.45) is 2.82. The molecule has 1 aliphatic carbocycles. The molecule has 1 aromatic heterocycles. The summed E-state index contributed by atoms with van der Waals surface area (Å²) >= 11 is 3.36.